The molecule has 1 aliphatic rings. The number of ether oxygens (including phenoxy) is 1. The van der Waals surface area contributed by atoms with Gasteiger partial charge >= 0.3 is 6.18 Å². The Hall–Kier alpha value is -4.09. The summed E-state index contributed by atoms with van der Waals surface area (Å²) in [4.78, 5) is 22.8. The molecule has 40 heavy (non-hydrogen) atoms. The van der Waals surface area contributed by atoms with Gasteiger partial charge in [-0.3, -0.25) is 4.79 Å². The minimum atomic E-state index is -4.49. The number of rotatable bonds is 8. The minimum absolute atomic E-state index is 0.0101. The van der Waals surface area contributed by atoms with Gasteiger partial charge in [0.25, 0.3) is 0 Å². The van der Waals surface area contributed by atoms with Gasteiger partial charge in [-0.1, -0.05) is 23.7 Å². The predicted molar refractivity (Wildman–Crippen MR) is 150 cm³/mol. The van der Waals surface area contributed by atoms with Crippen LogP contribution in [0.3, 0.4) is 0 Å². The first-order chi connectivity index (χ1) is 19.3. The fourth-order valence-corrected chi connectivity index (χ4v) is 4.97. The molecular formula is C28H23ClF3N5O2S. The number of fused-ring (bicyclic) bond motifs is 1. The zero-order chi connectivity index (χ0) is 28.1. The molecule has 1 aliphatic heterocycles. The monoisotopic (exact) mass is 585 g/mol. The lowest BCUT2D eigenvalue weighted by Gasteiger charge is -2.14. The SMILES string of the molecule is O=C(NCCc1cccs1)C1=Cc2c(ncnc2Nc2ccc(Oc3cccc(C(F)(F)F)c3)c(Cl)c2)NCC1. The molecule has 3 N–H and O–H groups in total. The summed E-state index contributed by atoms with van der Waals surface area (Å²) < 4.78 is 44.7. The maximum absolute atomic E-state index is 13.0. The zero-order valence-corrected chi connectivity index (χ0v) is 22.5. The molecule has 206 valence electrons. The van der Waals surface area contributed by atoms with Crippen LogP contribution in [0.4, 0.5) is 30.5 Å². The van der Waals surface area contributed by atoms with Gasteiger partial charge in [-0.05, 0) is 66.8 Å². The molecule has 0 unspecified atom stereocenters. The number of nitrogens with zero attached hydrogens (tertiary/aromatic N) is 2. The standard InChI is InChI=1S/C28H23ClF3N5O2S/c29-23-15-19(6-7-24(23)39-20-4-1-3-18(14-20)28(30,31)32)37-26-22-13-17(8-10-33-25(22)35-16-36-26)27(38)34-11-9-21-5-2-12-40-21/h1-7,12-16H,8-11H2,(H,34,38)(H2,33,35,36,37). The van der Waals surface area contributed by atoms with Crippen LogP contribution in [0.15, 0.2) is 71.9 Å². The van der Waals surface area contributed by atoms with E-state index < -0.39 is 11.7 Å². The average molecular weight is 586 g/mol. The first-order valence-corrected chi connectivity index (χ1v) is 13.5. The van der Waals surface area contributed by atoms with Gasteiger partial charge in [0.2, 0.25) is 5.91 Å². The summed E-state index contributed by atoms with van der Waals surface area (Å²) in [5.41, 5.74) is 0.949. The molecule has 0 saturated heterocycles. The first kappa shape index (κ1) is 27.5. The lowest BCUT2D eigenvalue weighted by atomic mass is 10.1. The van der Waals surface area contributed by atoms with Gasteiger partial charge in [0, 0.05) is 29.2 Å². The third-order valence-electron chi connectivity index (χ3n) is 6.00. The number of alkyl halides is 3. The van der Waals surface area contributed by atoms with Gasteiger partial charge in [0.1, 0.15) is 29.5 Å². The quantitative estimate of drug-likeness (QED) is 0.201. The second-order valence-electron chi connectivity index (χ2n) is 8.81. The van der Waals surface area contributed by atoms with E-state index in [2.05, 4.69) is 25.9 Å². The molecular weight excluding hydrogens is 563 g/mol. The minimum Gasteiger partial charge on any atom is -0.456 e. The van der Waals surface area contributed by atoms with Crippen molar-refractivity contribution in [2.24, 2.45) is 0 Å². The van der Waals surface area contributed by atoms with Crippen molar-refractivity contribution in [2.45, 2.75) is 19.0 Å². The summed E-state index contributed by atoms with van der Waals surface area (Å²) in [6, 6.07) is 13.4. The molecule has 0 bridgehead atoms. The highest BCUT2D eigenvalue weighted by molar-refractivity contribution is 7.09. The zero-order valence-electron chi connectivity index (χ0n) is 20.9. The van der Waals surface area contributed by atoms with E-state index in [-0.39, 0.29) is 22.4 Å². The van der Waals surface area contributed by atoms with Gasteiger partial charge in [-0.15, -0.1) is 11.3 Å². The topological polar surface area (TPSA) is 88.2 Å². The van der Waals surface area contributed by atoms with Crippen molar-refractivity contribution in [3.63, 3.8) is 0 Å². The summed E-state index contributed by atoms with van der Waals surface area (Å²) in [6.07, 6.45) is -0.0457. The van der Waals surface area contributed by atoms with Gasteiger partial charge < -0.3 is 20.7 Å². The van der Waals surface area contributed by atoms with E-state index >= 15 is 0 Å². The highest BCUT2D eigenvalue weighted by atomic mass is 35.5. The van der Waals surface area contributed by atoms with Crippen LogP contribution in [0.1, 0.15) is 22.4 Å². The molecule has 3 heterocycles. The largest absolute Gasteiger partial charge is 0.456 e. The van der Waals surface area contributed by atoms with Gasteiger partial charge in [-0.25, -0.2) is 9.97 Å². The molecule has 0 atom stereocenters. The molecule has 7 nitrogen and oxygen atoms in total. The maximum Gasteiger partial charge on any atom is 0.416 e. The van der Waals surface area contributed by atoms with E-state index in [0.29, 0.717) is 48.0 Å². The van der Waals surface area contributed by atoms with Crippen LogP contribution in [0.25, 0.3) is 6.08 Å². The van der Waals surface area contributed by atoms with Crippen LogP contribution in [0.5, 0.6) is 11.5 Å². The number of anilines is 3. The Morgan fingerprint density at radius 3 is 2.77 bits per heavy atom. The van der Waals surface area contributed by atoms with Crippen molar-refractivity contribution in [1.29, 1.82) is 0 Å². The van der Waals surface area contributed by atoms with E-state index in [0.717, 1.165) is 18.6 Å². The molecule has 5 rings (SSSR count). The number of hydrogen-bond donors (Lipinski definition) is 3. The van der Waals surface area contributed by atoms with Crippen molar-refractivity contribution in [2.75, 3.05) is 23.7 Å². The van der Waals surface area contributed by atoms with Crippen LogP contribution in [-0.4, -0.2) is 29.0 Å². The summed E-state index contributed by atoms with van der Waals surface area (Å²) in [7, 11) is 0. The number of nitrogens with one attached hydrogen (secondary N) is 3. The van der Waals surface area contributed by atoms with Gasteiger partial charge in [0.05, 0.1) is 16.1 Å². The summed E-state index contributed by atoms with van der Waals surface area (Å²) in [6.45, 7) is 1.06. The Balaban J connectivity index is 1.31. The Labute approximate surface area is 237 Å². The Morgan fingerprint density at radius 2 is 2.00 bits per heavy atom. The molecule has 0 aliphatic carbocycles. The first-order valence-electron chi connectivity index (χ1n) is 12.3. The third-order valence-corrected chi connectivity index (χ3v) is 7.23. The van der Waals surface area contributed by atoms with Crippen molar-refractivity contribution < 1.29 is 22.7 Å². The summed E-state index contributed by atoms with van der Waals surface area (Å²) in [5.74, 6) is 1.08. The molecule has 2 aromatic heterocycles. The lowest BCUT2D eigenvalue weighted by molar-refractivity contribution is -0.137. The van der Waals surface area contributed by atoms with E-state index in [1.165, 1.54) is 23.3 Å². The van der Waals surface area contributed by atoms with E-state index in [1.54, 1.807) is 35.6 Å². The number of hydrogen-bond acceptors (Lipinski definition) is 7. The number of amides is 1. The smallest absolute Gasteiger partial charge is 0.416 e. The van der Waals surface area contributed by atoms with Crippen LogP contribution in [-0.2, 0) is 17.4 Å². The van der Waals surface area contributed by atoms with Crippen molar-refractivity contribution in [3.05, 3.63) is 92.9 Å². The second kappa shape index (κ2) is 12.0. The lowest BCUT2D eigenvalue weighted by Crippen LogP contribution is -2.27. The Bertz CT molecular complexity index is 1540. The molecule has 12 heteroatoms. The maximum atomic E-state index is 13.0. The molecule has 4 aromatic rings. The fourth-order valence-electron chi connectivity index (χ4n) is 4.04. The number of thiophene rings is 1. The van der Waals surface area contributed by atoms with E-state index in [1.807, 2.05) is 17.5 Å². The Morgan fingerprint density at radius 1 is 1.12 bits per heavy atom. The van der Waals surface area contributed by atoms with Crippen molar-refractivity contribution in [3.8, 4) is 11.5 Å². The van der Waals surface area contributed by atoms with Crippen molar-refractivity contribution >= 4 is 52.2 Å². The van der Waals surface area contributed by atoms with Crippen LogP contribution < -0.4 is 20.7 Å². The number of benzene rings is 2. The number of aromatic nitrogens is 2. The van der Waals surface area contributed by atoms with Crippen LogP contribution in [0.2, 0.25) is 5.02 Å². The van der Waals surface area contributed by atoms with E-state index in [9.17, 15) is 18.0 Å². The molecule has 0 fully saturated rings. The van der Waals surface area contributed by atoms with Gasteiger partial charge in [-0.2, -0.15) is 13.2 Å². The number of carbonyl (C=O) groups is 1. The molecule has 0 saturated carbocycles. The number of carbonyl (C=O) groups excluding carboxylic acids is 1. The molecule has 2 aromatic carbocycles. The van der Waals surface area contributed by atoms with Crippen LogP contribution in [0, 0.1) is 0 Å². The average Bonchev–Trinajstić information content (AvgIpc) is 3.34. The molecule has 1 amide bonds. The fraction of sp³-hybridized carbons (Fsp3) is 0.179. The summed E-state index contributed by atoms with van der Waals surface area (Å²) in [5, 5.41) is 11.6. The van der Waals surface area contributed by atoms with Gasteiger partial charge in [0.15, 0.2) is 0 Å². The van der Waals surface area contributed by atoms with E-state index in [4.69, 9.17) is 16.3 Å². The predicted octanol–water partition coefficient (Wildman–Crippen LogP) is 7.30. The molecule has 0 radical (unpaired) electrons. The Kier molecular flexibility index (Phi) is 8.22. The number of halogens is 4. The third kappa shape index (κ3) is 6.72. The van der Waals surface area contributed by atoms with Crippen LogP contribution >= 0.6 is 22.9 Å². The normalized spacial score (nSPS) is 12.9. The summed E-state index contributed by atoms with van der Waals surface area (Å²) >= 11 is 8.05. The molecule has 0 spiro atoms. The highest BCUT2D eigenvalue weighted by Gasteiger charge is 2.30. The highest BCUT2D eigenvalue weighted by Crippen LogP contribution is 2.36. The van der Waals surface area contributed by atoms with Crippen molar-refractivity contribution in [1.82, 2.24) is 15.3 Å². The second-order valence-corrected chi connectivity index (χ2v) is 10.3.